The van der Waals surface area contributed by atoms with Gasteiger partial charge in [-0.2, -0.15) is 0 Å². The molecular formula is C19H16Cl2FNO4S. The predicted molar refractivity (Wildman–Crippen MR) is 106 cm³/mol. The number of hydrogen-bond donors (Lipinski definition) is 1. The molecule has 2 aromatic rings. The van der Waals surface area contributed by atoms with Crippen molar-refractivity contribution < 1.29 is 23.5 Å². The Bertz CT molecular complexity index is 939. The molecule has 0 aliphatic heterocycles. The largest absolute Gasteiger partial charge is 0.466 e. The van der Waals surface area contributed by atoms with Gasteiger partial charge in [0.25, 0.3) is 0 Å². The number of nitrogens with one attached hydrogen (secondary N) is 1. The Morgan fingerprint density at radius 1 is 1.29 bits per heavy atom. The van der Waals surface area contributed by atoms with E-state index in [0.29, 0.717) is 12.0 Å². The van der Waals surface area contributed by atoms with Crippen LogP contribution in [0.3, 0.4) is 0 Å². The summed E-state index contributed by atoms with van der Waals surface area (Å²) in [7, 11) is 0. The van der Waals surface area contributed by atoms with Crippen LogP contribution in [0.1, 0.15) is 33.3 Å². The maximum absolute atomic E-state index is 14.3. The maximum Gasteiger partial charge on any atom is 0.309 e. The number of ether oxygens (including phenoxy) is 1. The van der Waals surface area contributed by atoms with Crippen molar-refractivity contribution in [1.29, 1.82) is 0 Å². The minimum atomic E-state index is -0.757. The summed E-state index contributed by atoms with van der Waals surface area (Å²) in [6, 6.07) is 3.96. The van der Waals surface area contributed by atoms with Crippen LogP contribution in [0.15, 0.2) is 18.2 Å². The van der Waals surface area contributed by atoms with Crippen molar-refractivity contribution in [1.82, 2.24) is 0 Å². The number of carbonyl (C=O) groups is 3. The Hall–Kier alpha value is -1.96. The highest BCUT2D eigenvalue weighted by Crippen LogP contribution is 2.43. The highest BCUT2D eigenvalue weighted by Gasteiger charge is 2.37. The smallest absolute Gasteiger partial charge is 0.309 e. The molecule has 0 fully saturated rings. The zero-order valence-corrected chi connectivity index (χ0v) is 17.1. The first-order chi connectivity index (χ1) is 13.4. The lowest BCUT2D eigenvalue weighted by molar-refractivity contribution is -0.147. The molecule has 1 N–H and O–H groups in total. The number of halogens is 3. The second-order valence-corrected chi connectivity index (χ2v) is 7.95. The number of rotatable bonds is 6. The number of benzene rings is 1. The number of fused-ring (bicyclic) bond motifs is 1. The van der Waals surface area contributed by atoms with Gasteiger partial charge in [0.15, 0.2) is 0 Å². The molecule has 0 radical (unpaired) electrons. The minimum absolute atomic E-state index is 0.0282. The number of esters is 1. The molecule has 9 heteroatoms. The third kappa shape index (κ3) is 3.92. The average molecular weight is 444 g/mol. The van der Waals surface area contributed by atoms with E-state index in [1.807, 2.05) is 0 Å². The van der Waals surface area contributed by atoms with Crippen LogP contribution in [0.2, 0.25) is 5.02 Å². The van der Waals surface area contributed by atoms with Crippen molar-refractivity contribution in [3.05, 3.63) is 50.6 Å². The second-order valence-electron chi connectivity index (χ2n) is 6.17. The second kappa shape index (κ2) is 8.59. The van der Waals surface area contributed by atoms with Crippen LogP contribution >= 0.6 is 34.5 Å². The monoisotopic (exact) mass is 443 g/mol. The van der Waals surface area contributed by atoms with Gasteiger partial charge < -0.3 is 10.1 Å². The number of thiophene rings is 1. The molecule has 1 unspecified atom stereocenters. The molecule has 1 amide bonds. The molecule has 28 heavy (non-hydrogen) atoms. The third-order valence-electron chi connectivity index (χ3n) is 4.38. The molecule has 1 heterocycles. The van der Waals surface area contributed by atoms with Gasteiger partial charge >= 0.3 is 5.97 Å². The van der Waals surface area contributed by atoms with E-state index in [0.717, 1.165) is 10.9 Å². The van der Waals surface area contributed by atoms with E-state index in [-0.39, 0.29) is 46.0 Å². The van der Waals surface area contributed by atoms with Crippen LogP contribution in [-0.4, -0.2) is 30.1 Å². The van der Waals surface area contributed by atoms with Gasteiger partial charge in [-0.3, -0.25) is 14.4 Å². The number of amides is 1. The molecule has 1 aliphatic rings. The highest BCUT2D eigenvalue weighted by molar-refractivity contribution is 7.17. The lowest BCUT2D eigenvalue weighted by Crippen LogP contribution is -2.19. The van der Waals surface area contributed by atoms with Crippen molar-refractivity contribution in [2.24, 2.45) is 5.92 Å². The molecule has 1 aromatic heterocycles. The quantitative estimate of drug-likeness (QED) is 0.411. The number of ketones is 1. The molecule has 1 aromatic carbocycles. The summed E-state index contributed by atoms with van der Waals surface area (Å²) in [6.07, 6.45) is 0.662. The molecular weight excluding hydrogens is 428 g/mol. The zero-order valence-electron chi connectivity index (χ0n) is 14.8. The number of carbonyl (C=O) groups excluding carboxylic acids is 3. The van der Waals surface area contributed by atoms with Gasteiger partial charge in [0.2, 0.25) is 11.7 Å². The molecule has 1 aliphatic carbocycles. The van der Waals surface area contributed by atoms with Crippen LogP contribution in [0.4, 0.5) is 9.39 Å². The molecule has 0 spiro atoms. The van der Waals surface area contributed by atoms with E-state index in [1.54, 1.807) is 6.92 Å². The summed E-state index contributed by atoms with van der Waals surface area (Å²) in [5, 5.41) is 2.85. The molecule has 1 atom stereocenters. The van der Waals surface area contributed by atoms with E-state index in [1.165, 1.54) is 23.5 Å². The molecule has 5 nitrogen and oxygen atoms in total. The summed E-state index contributed by atoms with van der Waals surface area (Å²) < 4.78 is 19.4. The summed E-state index contributed by atoms with van der Waals surface area (Å²) in [5.41, 5.74) is 0.486. The topological polar surface area (TPSA) is 72.5 Å². The van der Waals surface area contributed by atoms with Crippen LogP contribution in [0.5, 0.6) is 0 Å². The predicted octanol–water partition coefficient (Wildman–Crippen LogP) is 4.23. The standard InChI is InChI=1S/C19H16Cl2FNO4S/c1-2-27-19(26)9-6-10-13(7-9)28-18(23-14(24)8-20)15(10)17(25)16-11(21)4-3-5-12(16)22/h3-5,9H,2,6-8H2,1H3,(H,23,24). The van der Waals surface area contributed by atoms with Crippen molar-refractivity contribution >= 4 is 57.2 Å². The lowest BCUT2D eigenvalue weighted by Gasteiger charge is -2.11. The fourth-order valence-corrected chi connectivity index (χ4v) is 4.83. The fraction of sp³-hybridized carbons (Fsp3) is 0.316. The van der Waals surface area contributed by atoms with Crippen molar-refractivity contribution in [2.45, 2.75) is 19.8 Å². The van der Waals surface area contributed by atoms with Crippen LogP contribution < -0.4 is 5.32 Å². The minimum Gasteiger partial charge on any atom is -0.466 e. The van der Waals surface area contributed by atoms with Gasteiger partial charge in [-0.25, -0.2) is 4.39 Å². The van der Waals surface area contributed by atoms with Gasteiger partial charge in [-0.1, -0.05) is 17.7 Å². The van der Waals surface area contributed by atoms with Gasteiger partial charge in [-0.05, 0) is 37.5 Å². The maximum atomic E-state index is 14.3. The summed E-state index contributed by atoms with van der Waals surface area (Å²) in [4.78, 5) is 37.9. The van der Waals surface area contributed by atoms with Crippen LogP contribution in [-0.2, 0) is 27.2 Å². The van der Waals surface area contributed by atoms with E-state index < -0.39 is 23.4 Å². The Balaban J connectivity index is 2.05. The highest BCUT2D eigenvalue weighted by atomic mass is 35.5. The SMILES string of the molecule is CCOC(=O)C1Cc2sc(NC(=O)CCl)c(C(=O)c3c(F)cccc3Cl)c2C1. The first kappa shape index (κ1) is 20.8. The van der Waals surface area contributed by atoms with E-state index >= 15 is 0 Å². The Labute approximate surface area is 174 Å². The van der Waals surface area contributed by atoms with E-state index in [9.17, 15) is 18.8 Å². The van der Waals surface area contributed by atoms with Crippen molar-refractivity contribution in [3.63, 3.8) is 0 Å². The van der Waals surface area contributed by atoms with Crippen molar-refractivity contribution in [3.8, 4) is 0 Å². The first-order valence-corrected chi connectivity index (χ1v) is 10.3. The molecule has 0 saturated carbocycles. The Kier molecular flexibility index (Phi) is 6.37. The normalized spacial score (nSPS) is 15.2. The molecule has 3 rings (SSSR count). The Morgan fingerprint density at radius 2 is 2.04 bits per heavy atom. The Morgan fingerprint density at radius 3 is 2.68 bits per heavy atom. The van der Waals surface area contributed by atoms with Crippen molar-refractivity contribution in [2.75, 3.05) is 17.8 Å². The van der Waals surface area contributed by atoms with Crippen LogP contribution in [0.25, 0.3) is 0 Å². The number of hydrogen-bond acceptors (Lipinski definition) is 5. The first-order valence-electron chi connectivity index (χ1n) is 8.53. The van der Waals surface area contributed by atoms with Gasteiger partial charge in [0.05, 0.1) is 28.7 Å². The zero-order chi connectivity index (χ0) is 20.4. The van der Waals surface area contributed by atoms with Gasteiger partial charge in [0, 0.05) is 4.88 Å². The van der Waals surface area contributed by atoms with Gasteiger partial charge in [0.1, 0.15) is 16.7 Å². The summed E-state index contributed by atoms with van der Waals surface area (Å²) in [6.45, 7) is 1.98. The number of anilines is 1. The summed E-state index contributed by atoms with van der Waals surface area (Å²) >= 11 is 12.8. The third-order valence-corrected chi connectivity index (χ3v) is 6.11. The van der Waals surface area contributed by atoms with Gasteiger partial charge in [-0.15, -0.1) is 22.9 Å². The molecule has 148 valence electrons. The lowest BCUT2D eigenvalue weighted by atomic mass is 9.98. The van der Waals surface area contributed by atoms with E-state index in [2.05, 4.69) is 5.32 Å². The average Bonchev–Trinajstić information content (AvgIpc) is 3.18. The molecule has 0 bridgehead atoms. The van der Waals surface area contributed by atoms with Crippen LogP contribution in [0, 0.1) is 11.7 Å². The molecule has 0 saturated heterocycles. The van der Waals surface area contributed by atoms with E-state index in [4.69, 9.17) is 27.9 Å². The number of alkyl halides is 1. The summed E-state index contributed by atoms with van der Waals surface area (Å²) in [5.74, 6) is -2.94. The fourth-order valence-electron chi connectivity index (χ4n) is 3.19.